The highest BCUT2D eigenvalue weighted by Gasteiger charge is 2.27. The summed E-state index contributed by atoms with van der Waals surface area (Å²) in [6, 6.07) is 16.5. The van der Waals surface area contributed by atoms with E-state index in [1.807, 2.05) is 47.4 Å². The lowest BCUT2D eigenvalue weighted by Crippen LogP contribution is -2.49. The third-order valence-corrected chi connectivity index (χ3v) is 6.04. The second kappa shape index (κ2) is 9.04. The van der Waals surface area contributed by atoms with Gasteiger partial charge in [0.1, 0.15) is 5.69 Å². The molecule has 0 saturated carbocycles. The topological polar surface area (TPSA) is 91.7 Å². The first-order valence-corrected chi connectivity index (χ1v) is 11.8. The van der Waals surface area contributed by atoms with E-state index in [0.717, 1.165) is 11.6 Å². The summed E-state index contributed by atoms with van der Waals surface area (Å²) in [4.78, 5) is 29.6. The van der Waals surface area contributed by atoms with Gasteiger partial charge in [-0.05, 0) is 18.2 Å². The van der Waals surface area contributed by atoms with Crippen molar-refractivity contribution in [3.8, 4) is 0 Å². The number of fused-ring (bicyclic) bond motifs is 1. The molecule has 1 amide bonds. The molecule has 1 aliphatic rings. The monoisotopic (exact) mass is 456 g/mol. The summed E-state index contributed by atoms with van der Waals surface area (Å²) in [6.07, 6.45) is 1.03. The van der Waals surface area contributed by atoms with E-state index in [9.17, 15) is 18.0 Å². The smallest absolute Gasteiger partial charge is 0.277 e. The fourth-order valence-electron chi connectivity index (χ4n) is 3.98. The highest BCUT2D eigenvalue weighted by atomic mass is 32.2. The Morgan fingerprint density at radius 1 is 0.938 bits per heavy atom. The molecule has 2 heterocycles. The van der Waals surface area contributed by atoms with Crippen molar-refractivity contribution < 1.29 is 13.2 Å². The molecule has 170 valence electrons. The molecule has 2 aromatic carbocycles. The molecule has 4 rings (SSSR count). The maximum atomic E-state index is 13.0. The largest absolute Gasteiger partial charge is 0.366 e. The van der Waals surface area contributed by atoms with Crippen LogP contribution in [0.1, 0.15) is 17.8 Å². The average molecular weight is 457 g/mol. The normalized spacial score (nSPS) is 14.2. The molecule has 1 fully saturated rings. The van der Waals surface area contributed by atoms with Crippen molar-refractivity contribution in [2.45, 2.75) is 7.43 Å². The number of carbonyl (C=O) groups excluding carboxylic acids is 1. The number of hydrogen-bond donors (Lipinski definition) is 1. The van der Waals surface area contributed by atoms with Gasteiger partial charge in [-0.15, -0.1) is 0 Å². The average Bonchev–Trinajstić information content (AvgIpc) is 2.77. The third-order valence-electron chi connectivity index (χ3n) is 5.47. The molecule has 32 heavy (non-hydrogen) atoms. The Balaban J connectivity index is 0.00000289. The van der Waals surface area contributed by atoms with Crippen molar-refractivity contribution in [3.63, 3.8) is 0 Å². The molecule has 0 spiro atoms. The number of aryl methyl sites for hydroxylation is 1. The van der Waals surface area contributed by atoms with E-state index >= 15 is 0 Å². The first-order chi connectivity index (χ1) is 14.8. The molecule has 1 saturated heterocycles. The zero-order chi connectivity index (χ0) is 22.2. The van der Waals surface area contributed by atoms with Crippen LogP contribution in [0, 0.1) is 0 Å². The number of anilines is 2. The predicted octanol–water partition coefficient (Wildman–Crippen LogP) is 2.51. The lowest BCUT2D eigenvalue weighted by atomic mass is 10.1. The molecule has 0 bridgehead atoms. The minimum absolute atomic E-state index is 0. The summed E-state index contributed by atoms with van der Waals surface area (Å²) < 4.78 is 27.9. The van der Waals surface area contributed by atoms with Crippen LogP contribution in [0.25, 0.3) is 10.9 Å². The number of aromatic nitrogens is 1. The van der Waals surface area contributed by atoms with E-state index in [1.165, 1.54) is 4.57 Å². The van der Waals surface area contributed by atoms with Crippen molar-refractivity contribution in [2.24, 2.45) is 7.05 Å². The molecule has 0 aliphatic carbocycles. The number of para-hydroxylation sites is 1. The number of pyridine rings is 1. The number of nitrogens with zero attached hydrogens (tertiary/aromatic N) is 3. The Hall–Kier alpha value is -3.33. The Kier molecular flexibility index (Phi) is 6.59. The second-order valence-corrected chi connectivity index (χ2v) is 9.37. The van der Waals surface area contributed by atoms with Crippen LogP contribution in [0.2, 0.25) is 0 Å². The van der Waals surface area contributed by atoms with Gasteiger partial charge >= 0.3 is 0 Å². The number of benzene rings is 2. The van der Waals surface area contributed by atoms with E-state index < -0.39 is 15.6 Å². The highest BCUT2D eigenvalue weighted by Crippen LogP contribution is 2.33. The van der Waals surface area contributed by atoms with Gasteiger partial charge in [-0.25, -0.2) is 8.42 Å². The first kappa shape index (κ1) is 23.3. The standard InChI is InChI=1S/C22H24N4O4S.CH4/c1-24-18-11-7-6-10-17(18)20(19(22(24)28)23-31(2,29)30)25-12-14-26(15-13-25)21(27)16-8-4-3-5-9-16;/h3-11,23H,12-15H2,1-2H3;1H4. The summed E-state index contributed by atoms with van der Waals surface area (Å²) in [7, 11) is -2.04. The Bertz CT molecular complexity index is 1290. The zero-order valence-electron chi connectivity index (χ0n) is 17.4. The predicted molar refractivity (Wildman–Crippen MR) is 129 cm³/mol. The van der Waals surface area contributed by atoms with Crippen LogP contribution in [-0.4, -0.2) is 56.2 Å². The summed E-state index contributed by atoms with van der Waals surface area (Å²) >= 11 is 0. The fraction of sp³-hybridized carbons (Fsp3) is 0.304. The van der Waals surface area contributed by atoms with E-state index in [0.29, 0.717) is 42.9 Å². The molecule has 0 atom stereocenters. The molecule has 9 heteroatoms. The van der Waals surface area contributed by atoms with Gasteiger partial charge in [0.25, 0.3) is 11.5 Å². The summed E-state index contributed by atoms with van der Waals surface area (Å²) in [5.74, 6) is -0.0384. The number of amides is 1. The summed E-state index contributed by atoms with van der Waals surface area (Å²) in [6.45, 7) is 1.90. The van der Waals surface area contributed by atoms with Crippen molar-refractivity contribution >= 4 is 38.2 Å². The number of sulfonamides is 1. The van der Waals surface area contributed by atoms with Crippen molar-refractivity contribution in [1.29, 1.82) is 0 Å². The van der Waals surface area contributed by atoms with Gasteiger partial charge < -0.3 is 14.4 Å². The third kappa shape index (κ3) is 4.47. The number of piperazine rings is 1. The van der Waals surface area contributed by atoms with Gasteiger partial charge in [-0.3, -0.25) is 14.3 Å². The van der Waals surface area contributed by atoms with Crippen LogP contribution in [-0.2, 0) is 17.1 Å². The van der Waals surface area contributed by atoms with Crippen LogP contribution < -0.4 is 15.2 Å². The minimum atomic E-state index is -3.66. The molecular weight excluding hydrogens is 428 g/mol. The molecule has 0 radical (unpaired) electrons. The quantitative estimate of drug-likeness (QED) is 0.651. The van der Waals surface area contributed by atoms with Crippen molar-refractivity contribution in [1.82, 2.24) is 9.47 Å². The van der Waals surface area contributed by atoms with Gasteiger partial charge in [-0.1, -0.05) is 43.8 Å². The Labute approximate surface area is 188 Å². The Morgan fingerprint density at radius 2 is 1.53 bits per heavy atom. The molecule has 1 N–H and O–H groups in total. The molecule has 0 unspecified atom stereocenters. The van der Waals surface area contributed by atoms with Gasteiger partial charge in [0, 0.05) is 44.2 Å². The number of rotatable bonds is 4. The van der Waals surface area contributed by atoms with Gasteiger partial charge in [-0.2, -0.15) is 0 Å². The van der Waals surface area contributed by atoms with Gasteiger partial charge in [0.05, 0.1) is 17.5 Å². The van der Waals surface area contributed by atoms with E-state index in [2.05, 4.69) is 4.72 Å². The van der Waals surface area contributed by atoms with E-state index in [1.54, 1.807) is 24.1 Å². The van der Waals surface area contributed by atoms with Crippen LogP contribution in [0.4, 0.5) is 11.4 Å². The van der Waals surface area contributed by atoms with Crippen LogP contribution in [0.5, 0.6) is 0 Å². The minimum Gasteiger partial charge on any atom is -0.366 e. The van der Waals surface area contributed by atoms with Crippen molar-refractivity contribution in [3.05, 3.63) is 70.5 Å². The molecular formula is C23H28N4O4S. The van der Waals surface area contributed by atoms with Crippen LogP contribution in [0.3, 0.4) is 0 Å². The first-order valence-electron chi connectivity index (χ1n) is 9.95. The second-order valence-electron chi connectivity index (χ2n) is 7.62. The van der Waals surface area contributed by atoms with Crippen LogP contribution in [0.15, 0.2) is 59.4 Å². The number of hydrogen-bond acceptors (Lipinski definition) is 5. The van der Waals surface area contributed by atoms with Crippen molar-refractivity contribution in [2.75, 3.05) is 42.1 Å². The molecule has 3 aromatic rings. The maximum Gasteiger partial charge on any atom is 0.277 e. The fourth-order valence-corrected chi connectivity index (χ4v) is 4.54. The molecule has 8 nitrogen and oxygen atoms in total. The van der Waals surface area contributed by atoms with E-state index in [-0.39, 0.29) is 19.0 Å². The Morgan fingerprint density at radius 3 is 2.16 bits per heavy atom. The number of carbonyl (C=O) groups is 1. The molecule has 1 aliphatic heterocycles. The highest BCUT2D eigenvalue weighted by molar-refractivity contribution is 7.92. The summed E-state index contributed by atoms with van der Waals surface area (Å²) in [5.41, 5.74) is 1.52. The van der Waals surface area contributed by atoms with Crippen LogP contribution >= 0.6 is 0 Å². The maximum absolute atomic E-state index is 13.0. The van der Waals surface area contributed by atoms with Gasteiger partial charge in [0.2, 0.25) is 10.0 Å². The lowest BCUT2D eigenvalue weighted by molar-refractivity contribution is 0.0747. The SMILES string of the molecule is C.Cn1c(=O)c(NS(C)(=O)=O)c(N2CCN(C(=O)c3ccccc3)CC2)c2ccccc21. The number of nitrogens with one attached hydrogen (secondary N) is 1. The van der Waals surface area contributed by atoms with Gasteiger partial charge in [0.15, 0.2) is 0 Å². The summed E-state index contributed by atoms with van der Waals surface area (Å²) in [5, 5.41) is 0.776. The zero-order valence-corrected chi connectivity index (χ0v) is 18.2. The lowest BCUT2D eigenvalue weighted by Gasteiger charge is -2.37. The van der Waals surface area contributed by atoms with E-state index in [4.69, 9.17) is 0 Å². The molecule has 1 aromatic heterocycles.